The van der Waals surface area contributed by atoms with E-state index in [2.05, 4.69) is 4.83 Å². The van der Waals surface area contributed by atoms with Gasteiger partial charge in [-0.05, 0) is 68.3 Å². The van der Waals surface area contributed by atoms with Crippen LogP contribution in [0.2, 0.25) is 0 Å². The summed E-state index contributed by atoms with van der Waals surface area (Å²) in [7, 11) is -2.11. The third-order valence-electron chi connectivity index (χ3n) is 5.94. The molecule has 0 amide bonds. The van der Waals surface area contributed by atoms with Crippen molar-refractivity contribution in [3.05, 3.63) is 89.5 Å². The summed E-state index contributed by atoms with van der Waals surface area (Å²) < 4.78 is 37.5. The van der Waals surface area contributed by atoms with Crippen molar-refractivity contribution in [1.82, 2.24) is 4.83 Å². The Morgan fingerprint density at radius 3 is 2.19 bits per heavy atom. The molecule has 10 heteroatoms. The fraction of sp³-hybridized carbons (Fsp3) is 0.296. The summed E-state index contributed by atoms with van der Waals surface area (Å²) in [5.41, 5.74) is 8.44. The molecule has 0 aliphatic rings. The summed E-state index contributed by atoms with van der Waals surface area (Å²) >= 11 is 6.20. The van der Waals surface area contributed by atoms with E-state index in [1.165, 1.54) is 0 Å². The molecule has 3 aromatic carbocycles. The zero-order valence-corrected chi connectivity index (χ0v) is 22.9. The van der Waals surface area contributed by atoms with E-state index in [9.17, 15) is 8.42 Å². The van der Waals surface area contributed by atoms with E-state index < -0.39 is 21.3 Å². The van der Waals surface area contributed by atoms with Crippen LogP contribution < -0.4 is 25.0 Å². The van der Waals surface area contributed by atoms with E-state index >= 15 is 0 Å². The lowest BCUT2D eigenvalue weighted by atomic mass is 10.1. The molecule has 3 aromatic rings. The van der Waals surface area contributed by atoms with Crippen molar-refractivity contribution in [2.75, 3.05) is 18.0 Å². The van der Waals surface area contributed by atoms with Gasteiger partial charge >= 0.3 is 0 Å². The highest BCUT2D eigenvalue weighted by Crippen LogP contribution is 2.36. The van der Waals surface area contributed by atoms with Gasteiger partial charge in [0.05, 0.1) is 30.0 Å². The third-order valence-corrected chi connectivity index (χ3v) is 7.91. The fourth-order valence-electron chi connectivity index (χ4n) is 3.60. The highest BCUT2D eigenvalue weighted by atomic mass is 35.5. The first kappa shape index (κ1) is 28.3. The number of rotatable bonds is 12. The number of benzene rings is 3. The normalized spacial score (nSPS) is 13.1. The second-order valence-electron chi connectivity index (χ2n) is 8.77. The molecule has 8 nitrogen and oxygen atoms in total. The minimum Gasteiger partial charge on any atom is -0.493 e. The van der Waals surface area contributed by atoms with Gasteiger partial charge in [0.1, 0.15) is 11.9 Å². The molecular weight excluding hydrogens is 512 g/mol. The molecule has 0 fully saturated rings. The van der Waals surface area contributed by atoms with Crippen LogP contribution in [0.4, 0.5) is 5.69 Å². The van der Waals surface area contributed by atoms with Crippen LogP contribution >= 0.6 is 11.6 Å². The van der Waals surface area contributed by atoms with Crippen molar-refractivity contribution in [2.24, 2.45) is 5.73 Å². The van der Waals surface area contributed by atoms with E-state index in [1.54, 1.807) is 56.3 Å². The number of methoxy groups -OCH3 is 1. The Morgan fingerprint density at radius 2 is 1.65 bits per heavy atom. The Kier molecular flexibility index (Phi) is 9.42. The molecular formula is C27H33ClN4O4S. The lowest BCUT2D eigenvalue weighted by Gasteiger charge is -2.32. The number of nitrogens with zero attached hydrogens (tertiary/aromatic N) is 1. The quantitative estimate of drug-likeness (QED) is 0.126. The summed E-state index contributed by atoms with van der Waals surface area (Å²) in [6.07, 6.45) is -0.366. The number of nitrogen functional groups attached to an aromatic ring is 1. The number of amidine groups is 1. The number of hydrazine groups is 1. The van der Waals surface area contributed by atoms with Crippen molar-refractivity contribution in [3.63, 3.8) is 0 Å². The van der Waals surface area contributed by atoms with Gasteiger partial charge in [0.25, 0.3) is 0 Å². The molecule has 3 rings (SSSR count). The fourth-order valence-corrected chi connectivity index (χ4v) is 4.59. The molecule has 4 N–H and O–H groups in total. The van der Waals surface area contributed by atoms with Crippen molar-refractivity contribution < 1.29 is 17.9 Å². The molecule has 0 aromatic heterocycles. The number of alkyl halides is 1. The Morgan fingerprint density at radius 1 is 1.00 bits per heavy atom. The van der Waals surface area contributed by atoms with Crippen LogP contribution in [0.15, 0.2) is 72.8 Å². The Balaban J connectivity index is 1.96. The SMILES string of the molecule is COc1cc(C(C)N(NS(=O)(=O)C(C)C)c2ccc(C(=N)N)cc2)ccc1OC(CCl)c1ccccc1. The highest BCUT2D eigenvalue weighted by Gasteiger charge is 2.26. The lowest BCUT2D eigenvalue weighted by Crippen LogP contribution is -2.46. The minimum atomic E-state index is -3.66. The van der Waals surface area contributed by atoms with Crippen LogP contribution in [0.25, 0.3) is 0 Å². The molecule has 0 radical (unpaired) electrons. The van der Waals surface area contributed by atoms with E-state index in [-0.39, 0.29) is 17.8 Å². The number of anilines is 1. The summed E-state index contributed by atoms with van der Waals surface area (Å²) in [6.45, 7) is 5.10. The second kappa shape index (κ2) is 12.3. The van der Waals surface area contributed by atoms with Gasteiger partial charge in [0, 0.05) is 5.56 Å². The maximum Gasteiger partial charge on any atom is 0.230 e. The molecule has 0 spiro atoms. The molecule has 0 bridgehead atoms. The van der Waals surface area contributed by atoms with Gasteiger partial charge < -0.3 is 15.2 Å². The maximum absolute atomic E-state index is 12.8. The molecule has 0 heterocycles. The van der Waals surface area contributed by atoms with Crippen LogP contribution in [0.3, 0.4) is 0 Å². The minimum absolute atomic E-state index is 0.0695. The largest absolute Gasteiger partial charge is 0.493 e. The first-order valence-corrected chi connectivity index (χ1v) is 13.9. The van der Waals surface area contributed by atoms with Crippen LogP contribution in [0.1, 0.15) is 49.6 Å². The van der Waals surface area contributed by atoms with Crippen molar-refractivity contribution in [2.45, 2.75) is 38.2 Å². The number of halogens is 1. The molecule has 0 aliphatic carbocycles. The van der Waals surface area contributed by atoms with Gasteiger partial charge in [-0.2, -0.15) is 0 Å². The summed E-state index contributed by atoms with van der Waals surface area (Å²) in [6, 6.07) is 21.5. The molecule has 37 heavy (non-hydrogen) atoms. The lowest BCUT2D eigenvalue weighted by molar-refractivity contribution is 0.219. The van der Waals surface area contributed by atoms with Gasteiger partial charge in [-0.3, -0.25) is 10.4 Å². The molecule has 2 atom stereocenters. The topological polar surface area (TPSA) is 118 Å². The van der Waals surface area contributed by atoms with Gasteiger partial charge in [-0.1, -0.05) is 36.4 Å². The first-order chi connectivity index (χ1) is 17.6. The Labute approximate surface area is 223 Å². The predicted octanol–water partition coefficient (Wildman–Crippen LogP) is 5.15. The highest BCUT2D eigenvalue weighted by molar-refractivity contribution is 7.90. The number of hydrogen-bond donors (Lipinski definition) is 3. The van der Waals surface area contributed by atoms with Crippen molar-refractivity contribution in [1.29, 1.82) is 5.41 Å². The van der Waals surface area contributed by atoms with E-state index in [0.29, 0.717) is 22.7 Å². The standard InChI is InChI=1S/C27H33ClN4O4S/c1-18(2)37(33,34)31-32(23-13-10-21(11-14-23)27(29)30)19(3)22-12-15-24(25(16-22)35-4)36-26(17-28)20-8-6-5-7-9-20/h5-16,18-19,26,31H,17H2,1-4H3,(H3,29,30). The van der Waals surface area contributed by atoms with Gasteiger partial charge in [-0.15, -0.1) is 16.4 Å². The number of sulfonamides is 1. The second-order valence-corrected chi connectivity index (χ2v) is 11.3. The summed E-state index contributed by atoms with van der Waals surface area (Å²) in [5, 5.41) is 8.56. The number of hydrogen-bond acceptors (Lipinski definition) is 6. The molecule has 0 saturated carbocycles. The Hall–Kier alpha value is -3.27. The average Bonchev–Trinajstić information content (AvgIpc) is 2.90. The van der Waals surface area contributed by atoms with Crippen LogP contribution in [0, 0.1) is 5.41 Å². The molecule has 0 saturated heterocycles. The van der Waals surface area contributed by atoms with Gasteiger partial charge in [0.15, 0.2) is 11.5 Å². The summed E-state index contributed by atoms with van der Waals surface area (Å²) in [4.78, 5) is 2.70. The zero-order valence-electron chi connectivity index (χ0n) is 21.3. The van der Waals surface area contributed by atoms with Gasteiger partial charge in [0.2, 0.25) is 10.0 Å². The molecule has 0 aliphatic heterocycles. The van der Waals surface area contributed by atoms with Crippen molar-refractivity contribution >= 4 is 33.1 Å². The van der Waals surface area contributed by atoms with E-state index in [4.69, 9.17) is 32.2 Å². The molecule has 2 unspecified atom stereocenters. The zero-order chi connectivity index (χ0) is 27.2. The summed E-state index contributed by atoms with van der Waals surface area (Å²) in [5.74, 6) is 1.20. The average molecular weight is 545 g/mol. The predicted molar refractivity (Wildman–Crippen MR) is 149 cm³/mol. The van der Waals surface area contributed by atoms with Crippen molar-refractivity contribution in [3.8, 4) is 11.5 Å². The molecule has 198 valence electrons. The van der Waals surface area contributed by atoms with Crippen LogP contribution in [-0.4, -0.2) is 32.5 Å². The van der Waals surface area contributed by atoms with E-state index in [0.717, 1.165) is 11.1 Å². The van der Waals surface area contributed by atoms with E-state index in [1.807, 2.05) is 49.4 Å². The van der Waals surface area contributed by atoms with Gasteiger partial charge in [-0.25, -0.2) is 8.42 Å². The monoisotopic (exact) mass is 544 g/mol. The Bertz CT molecular complexity index is 1300. The number of nitrogens with one attached hydrogen (secondary N) is 2. The maximum atomic E-state index is 12.8. The van der Waals surface area contributed by atoms with Crippen LogP contribution in [-0.2, 0) is 10.0 Å². The smallest absolute Gasteiger partial charge is 0.230 e. The number of ether oxygens (including phenoxy) is 2. The number of nitrogens with two attached hydrogens (primary N) is 1. The first-order valence-electron chi connectivity index (χ1n) is 11.8. The third kappa shape index (κ3) is 6.94. The van der Waals surface area contributed by atoms with Crippen LogP contribution in [0.5, 0.6) is 11.5 Å².